The molecular formula is C15H18BrN3O3S. The molecule has 3 rings (SSSR count). The van der Waals surface area contributed by atoms with Crippen LogP contribution in [0.4, 0.5) is 0 Å². The Bertz CT molecular complexity index is 777. The molecular weight excluding hydrogens is 382 g/mol. The minimum absolute atomic E-state index is 0.155. The van der Waals surface area contributed by atoms with Crippen LogP contribution < -0.4 is 4.74 Å². The maximum Gasteiger partial charge on any atom is 0.243 e. The summed E-state index contributed by atoms with van der Waals surface area (Å²) in [6, 6.07) is 6.74. The number of hydrogen-bond donors (Lipinski definition) is 1. The maximum atomic E-state index is 12.9. The van der Waals surface area contributed by atoms with Crippen molar-refractivity contribution in [3.05, 3.63) is 40.6 Å². The van der Waals surface area contributed by atoms with Gasteiger partial charge >= 0.3 is 0 Å². The number of hydrogen-bond acceptors (Lipinski definition) is 4. The van der Waals surface area contributed by atoms with E-state index in [2.05, 4.69) is 26.1 Å². The number of methoxy groups -OCH3 is 1. The smallest absolute Gasteiger partial charge is 0.243 e. The molecule has 0 saturated carbocycles. The molecule has 1 aliphatic rings. The van der Waals surface area contributed by atoms with Gasteiger partial charge in [-0.3, -0.25) is 5.10 Å². The topological polar surface area (TPSA) is 75.3 Å². The van der Waals surface area contributed by atoms with Gasteiger partial charge in [-0.25, -0.2) is 8.42 Å². The molecule has 1 N–H and O–H groups in total. The monoisotopic (exact) mass is 399 g/mol. The molecule has 0 bridgehead atoms. The van der Waals surface area contributed by atoms with Crippen LogP contribution in [0.25, 0.3) is 0 Å². The van der Waals surface area contributed by atoms with Gasteiger partial charge in [-0.1, -0.05) is 0 Å². The van der Waals surface area contributed by atoms with Crippen LogP contribution in [0.1, 0.15) is 24.5 Å². The highest BCUT2D eigenvalue weighted by Crippen LogP contribution is 2.32. The molecule has 124 valence electrons. The van der Waals surface area contributed by atoms with Gasteiger partial charge in [-0.15, -0.1) is 0 Å². The van der Waals surface area contributed by atoms with E-state index in [1.54, 1.807) is 35.8 Å². The Hall–Kier alpha value is -1.38. The lowest BCUT2D eigenvalue weighted by molar-refractivity contribution is 0.312. The minimum Gasteiger partial charge on any atom is -0.496 e. The minimum atomic E-state index is -3.52. The van der Waals surface area contributed by atoms with Crippen molar-refractivity contribution in [1.29, 1.82) is 0 Å². The highest BCUT2D eigenvalue weighted by molar-refractivity contribution is 9.10. The number of piperidine rings is 1. The number of aromatic amines is 1. The van der Waals surface area contributed by atoms with Crippen molar-refractivity contribution in [2.45, 2.75) is 23.7 Å². The summed E-state index contributed by atoms with van der Waals surface area (Å²) >= 11 is 3.35. The molecule has 23 heavy (non-hydrogen) atoms. The lowest BCUT2D eigenvalue weighted by Crippen LogP contribution is -2.39. The molecule has 0 amide bonds. The van der Waals surface area contributed by atoms with Crippen LogP contribution in [0.3, 0.4) is 0 Å². The van der Waals surface area contributed by atoms with Crippen molar-refractivity contribution >= 4 is 26.0 Å². The number of nitrogens with one attached hydrogen (secondary N) is 1. The predicted octanol–water partition coefficient (Wildman–Crippen LogP) is 2.75. The lowest BCUT2D eigenvalue weighted by Gasteiger charge is -2.31. The first-order chi connectivity index (χ1) is 11.0. The molecule has 1 saturated heterocycles. The first-order valence-corrected chi connectivity index (χ1v) is 9.58. The highest BCUT2D eigenvalue weighted by Gasteiger charge is 2.31. The highest BCUT2D eigenvalue weighted by atomic mass is 79.9. The molecule has 1 aromatic carbocycles. The van der Waals surface area contributed by atoms with Gasteiger partial charge in [0.2, 0.25) is 10.0 Å². The van der Waals surface area contributed by atoms with Gasteiger partial charge in [0.05, 0.1) is 16.5 Å². The van der Waals surface area contributed by atoms with Crippen LogP contribution in [0.15, 0.2) is 39.8 Å². The van der Waals surface area contributed by atoms with Gasteiger partial charge in [0, 0.05) is 30.9 Å². The fourth-order valence-electron chi connectivity index (χ4n) is 2.87. The van der Waals surface area contributed by atoms with Crippen molar-refractivity contribution in [3.63, 3.8) is 0 Å². The fourth-order valence-corrected chi connectivity index (χ4v) is 5.11. The fraction of sp³-hybridized carbons (Fsp3) is 0.400. The molecule has 0 aliphatic carbocycles. The molecule has 8 heteroatoms. The summed E-state index contributed by atoms with van der Waals surface area (Å²) in [5.74, 6) is 0.764. The van der Waals surface area contributed by atoms with Gasteiger partial charge < -0.3 is 4.74 Å². The molecule has 1 fully saturated rings. The standard InChI is InChI=1S/C15H18BrN3O3S/c1-22-15-5-4-12(9-13(15)16)23(20,21)19-8-2-3-11(10-19)14-6-7-17-18-14/h4-7,9,11H,2-3,8,10H2,1H3,(H,17,18)/t11-/m1/s1. The molecule has 1 aromatic heterocycles. The SMILES string of the molecule is COc1ccc(S(=O)(=O)N2CCC[C@@H](c3ccn[nH]3)C2)cc1Br. The van der Waals surface area contributed by atoms with Crippen LogP contribution in [-0.2, 0) is 10.0 Å². The van der Waals surface area contributed by atoms with E-state index in [9.17, 15) is 8.42 Å². The third-order valence-electron chi connectivity index (χ3n) is 4.11. The molecule has 2 heterocycles. The Morgan fingerprint density at radius 2 is 2.22 bits per heavy atom. The predicted molar refractivity (Wildman–Crippen MR) is 90.0 cm³/mol. The average Bonchev–Trinajstić information content (AvgIpc) is 3.09. The zero-order valence-corrected chi connectivity index (χ0v) is 15.1. The summed E-state index contributed by atoms with van der Waals surface area (Å²) in [4.78, 5) is 0.274. The van der Waals surface area contributed by atoms with E-state index in [0.29, 0.717) is 23.3 Å². The Morgan fingerprint density at radius 3 is 2.87 bits per heavy atom. The number of aromatic nitrogens is 2. The van der Waals surface area contributed by atoms with E-state index >= 15 is 0 Å². The second kappa shape index (κ2) is 6.62. The molecule has 1 atom stereocenters. The number of nitrogens with zero attached hydrogens (tertiary/aromatic N) is 2. The third kappa shape index (κ3) is 3.29. The van der Waals surface area contributed by atoms with Crippen molar-refractivity contribution in [2.24, 2.45) is 0 Å². The summed E-state index contributed by atoms with van der Waals surface area (Å²) in [5.41, 5.74) is 0.987. The van der Waals surface area contributed by atoms with Gasteiger partial charge in [-0.2, -0.15) is 9.40 Å². The van der Waals surface area contributed by atoms with Gasteiger partial charge in [0.25, 0.3) is 0 Å². The largest absolute Gasteiger partial charge is 0.496 e. The van der Waals surface area contributed by atoms with Crippen molar-refractivity contribution in [1.82, 2.24) is 14.5 Å². The first-order valence-electron chi connectivity index (χ1n) is 7.35. The molecule has 1 aliphatic heterocycles. The maximum absolute atomic E-state index is 12.9. The Labute approximate surface area is 144 Å². The number of sulfonamides is 1. The van der Waals surface area contributed by atoms with Crippen molar-refractivity contribution in [2.75, 3.05) is 20.2 Å². The van der Waals surface area contributed by atoms with Gasteiger partial charge in [0.15, 0.2) is 0 Å². The summed E-state index contributed by atoms with van der Waals surface area (Å²) < 4.78 is 33.1. The van der Waals surface area contributed by atoms with Gasteiger partial charge in [-0.05, 0) is 53.0 Å². The number of rotatable bonds is 4. The second-order valence-electron chi connectivity index (χ2n) is 5.51. The third-order valence-corrected chi connectivity index (χ3v) is 6.59. The van der Waals surface area contributed by atoms with E-state index in [1.807, 2.05) is 6.07 Å². The molecule has 6 nitrogen and oxygen atoms in total. The Balaban J connectivity index is 1.85. The van der Waals surface area contributed by atoms with Crippen LogP contribution in [0.2, 0.25) is 0 Å². The number of halogens is 1. The molecule has 0 radical (unpaired) electrons. The quantitative estimate of drug-likeness (QED) is 0.857. The second-order valence-corrected chi connectivity index (χ2v) is 8.30. The summed E-state index contributed by atoms with van der Waals surface area (Å²) in [6.45, 7) is 1.00. The van der Waals surface area contributed by atoms with Crippen molar-refractivity contribution < 1.29 is 13.2 Å². The van der Waals surface area contributed by atoms with Crippen LogP contribution in [0, 0.1) is 0 Å². The number of ether oxygens (including phenoxy) is 1. The zero-order chi connectivity index (χ0) is 16.4. The number of benzene rings is 1. The summed E-state index contributed by atoms with van der Waals surface area (Å²) in [5, 5.41) is 6.91. The molecule has 2 aromatic rings. The Kier molecular flexibility index (Phi) is 4.74. The summed E-state index contributed by atoms with van der Waals surface area (Å²) in [7, 11) is -1.97. The summed E-state index contributed by atoms with van der Waals surface area (Å²) in [6.07, 6.45) is 3.49. The van der Waals surface area contributed by atoms with E-state index < -0.39 is 10.0 Å². The van der Waals surface area contributed by atoms with E-state index in [4.69, 9.17) is 4.74 Å². The van der Waals surface area contributed by atoms with E-state index in [1.165, 1.54) is 0 Å². The van der Waals surface area contributed by atoms with Crippen LogP contribution in [0.5, 0.6) is 5.75 Å². The van der Waals surface area contributed by atoms with Crippen LogP contribution >= 0.6 is 15.9 Å². The van der Waals surface area contributed by atoms with Crippen molar-refractivity contribution in [3.8, 4) is 5.75 Å². The number of H-pyrrole nitrogens is 1. The molecule has 0 unspecified atom stereocenters. The average molecular weight is 400 g/mol. The van der Waals surface area contributed by atoms with E-state index in [0.717, 1.165) is 18.5 Å². The van der Waals surface area contributed by atoms with Gasteiger partial charge in [0.1, 0.15) is 5.75 Å². The first kappa shape index (κ1) is 16.5. The van der Waals surface area contributed by atoms with Crippen LogP contribution in [-0.4, -0.2) is 43.1 Å². The lowest BCUT2D eigenvalue weighted by atomic mass is 9.96. The zero-order valence-electron chi connectivity index (χ0n) is 12.7. The van der Waals surface area contributed by atoms with E-state index in [-0.39, 0.29) is 10.8 Å². The molecule has 0 spiro atoms. The Morgan fingerprint density at radius 1 is 1.39 bits per heavy atom. The normalized spacial score (nSPS) is 19.7.